The van der Waals surface area contributed by atoms with E-state index in [2.05, 4.69) is 5.32 Å². The van der Waals surface area contributed by atoms with Crippen molar-refractivity contribution in [3.8, 4) is 5.75 Å². The van der Waals surface area contributed by atoms with Crippen molar-refractivity contribution in [2.75, 3.05) is 22.5 Å². The molecular formula is C25H25ClN2O5S. The van der Waals surface area contributed by atoms with Crippen LogP contribution >= 0.6 is 11.6 Å². The number of ether oxygens (including phenoxy) is 1. The number of benzene rings is 3. The van der Waals surface area contributed by atoms with Crippen LogP contribution in [0.1, 0.15) is 29.8 Å². The quantitative estimate of drug-likeness (QED) is 0.427. The zero-order valence-electron chi connectivity index (χ0n) is 19.0. The predicted octanol–water partition coefficient (Wildman–Crippen LogP) is 4.76. The average Bonchev–Trinajstić information content (AvgIpc) is 2.80. The van der Waals surface area contributed by atoms with Gasteiger partial charge in [-0.3, -0.25) is 13.9 Å². The van der Waals surface area contributed by atoms with E-state index in [9.17, 15) is 18.0 Å². The minimum Gasteiger partial charge on any atom is -0.494 e. The Kier molecular flexibility index (Phi) is 7.96. The molecule has 34 heavy (non-hydrogen) atoms. The highest BCUT2D eigenvalue weighted by atomic mass is 35.5. The number of anilines is 2. The lowest BCUT2D eigenvalue weighted by molar-refractivity contribution is -0.116. The van der Waals surface area contributed by atoms with Gasteiger partial charge in [0.1, 0.15) is 11.8 Å². The number of carbonyl (C=O) groups excluding carboxylic acids is 2. The fraction of sp³-hybridized carbons (Fsp3) is 0.200. The average molecular weight is 501 g/mol. The van der Waals surface area contributed by atoms with Crippen molar-refractivity contribution < 1.29 is 22.7 Å². The summed E-state index contributed by atoms with van der Waals surface area (Å²) in [5.74, 6) is -0.344. The van der Waals surface area contributed by atoms with Gasteiger partial charge in [0.15, 0.2) is 5.78 Å². The molecule has 7 nitrogen and oxygen atoms in total. The van der Waals surface area contributed by atoms with Crippen LogP contribution in [0, 0.1) is 0 Å². The van der Waals surface area contributed by atoms with E-state index in [4.69, 9.17) is 16.3 Å². The van der Waals surface area contributed by atoms with Crippen molar-refractivity contribution in [3.63, 3.8) is 0 Å². The van der Waals surface area contributed by atoms with Crippen LogP contribution in [0.25, 0.3) is 0 Å². The fourth-order valence-corrected chi connectivity index (χ4v) is 4.81. The molecule has 3 aromatic rings. The van der Waals surface area contributed by atoms with Crippen molar-refractivity contribution in [1.82, 2.24) is 0 Å². The maximum atomic E-state index is 13.2. The molecule has 0 bridgehead atoms. The second kappa shape index (κ2) is 10.7. The summed E-state index contributed by atoms with van der Waals surface area (Å²) in [5, 5.41) is 3.02. The van der Waals surface area contributed by atoms with E-state index < -0.39 is 22.0 Å². The van der Waals surface area contributed by atoms with E-state index in [1.807, 2.05) is 6.92 Å². The first-order valence-corrected chi connectivity index (χ1v) is 12.8. The molecule has 0 aromatic heterocycles. The van der Waals surface area contributed by atoms with Gasteiger partial charge in [-0.1, -0.05) is 41.9 Å². The molecule has 178 valence electrons. The Morgan fingerprint density at radius 3 is 2.26 bits per heavy atom. The molecule has 1 amide bonds. The van der Waals surface area contributed by atoms with E-state index in [-0.39, 0.29) is 17.0 Å². The molecule has 0 aliphatic heterocycles. The molecule has 1 atom stereocenters. The normalized spacial score (nSPS) is 12.0. The van der Waals surface area contributed by atoms with E-state index in [1.165, 1.54) is 19.1 Å². The number of nitrogens with one attached hydrogen (secondary N) is 1. The first-order chi connectivity index (χ1) is 16.1. The molecule has 3 aromatic carbocycles. The van der Waals surface area contributed by atoms with Crippen molar-refractivity contribution in [1.29, 1.82) is 0 Å². The molecule has 0 heterocycles. The van der Waals surface area contributed by atoms with Crippen molar-refractivity contribution in [2.45, 2.75) is 19.9 Å². The Balaban J connectivity index is 1.91. The molecule has 0 aliphatic carbocycles. The SMILES string of the molecule is CCOc1ccc(N([C@H](C)C(=O)Nc2ccc(Cl)cc2C(=O)c2ccccc2)S(C)(=O)=O)cc1. The monoisotopic (exact) mass is 500 g/mol. The second-order valence-electron chi connectivity index (χ2n) is 7.54. The number of nitrogens with zero attached hydrogens (tertiary/aromatic N) is 1. The maximum Gasteiger partial charge on any atom is 0.248 e. The number of halogens is 1. The molecule has 1 N–H and O–H groups in total. The van der Waals surface area contributed by atoms with Crippen LogP contribution in [-0.2, 0) is 14.8 Å². The number of hydrogen-bond donors (Lipinski definition) is 1. The molecule has 0 unspecified atom stereocenters. The standard InChI is InChI=1S/C25H25ClN2O5S/c1-4-33-21-13-11-20(12-14-21)28(34(3,31)32)17(2)25(30)27-23-15-10-19(26)16-22(23)24(29)18-8-6-5-7-9-18/h5-17H,4H2,1-3H3,(H,27,30)/t17-/m1/s1. The lowest BCUT2D eigenvalue weighted by atomic mass is 10.0. The van der Waals surface area contributed by atoms with Gasteiger partial charge in [0.25, 0.3) is 0 Å². The summed E-state index contributed by atoms with van der Waals surface area (Å²) >= 11 is 6.11. The summed E-state index contributed by atoms with van der Waals surface area (Å²) in [7, 11) is -3.81. The topological polar surface area (TPSA) is 92.8 Å². The number of amides is 1. The summed E-state index contributed by atoms with van der Waals surface area (Å²) in [4.78, 5) is 26.2. The van der Waals surface area contributed by atoms with Crippen molar-refractivity contribution >= 4 is 44.7 Å². The zero-order chi connectivity index (χ0) is 24.9. The van der Waals surface area contributed by atoms with Crippen molar-refractivity contribution in [3.05, 3.63) is 88.9 Å². The van der Waals surface area contributed by atoms with Gasteiger partial charge >= 0.3 is 0 Å². The molecule has 9 heteroatoms. The largest absolute Gasteiger partial charge is 0.494 e. The molecule has 0 spiro atoms. The van der Waals surface area contributed by atoms with Gasteiger partial charge < -0.3 is 10.1 Å². The van der Waals surface area contributed by atoms with Gasteiger partial charge in [-0.25, -0.2) is 8.42 Å². The third-order valence-electron chi connectivity index (χ3n) is 5.01. The Morgan fingerprint density at radius 2 is 1.68 bits per heavy atom. The first kappa shape index (κ1) is 25.3. The molecule has 0 aliphatic rings. The maximum absolute atomic E-state index is 13.2. The number of sulfonamides is 1. The number of carbonyl (C=O) groups is 2. The number of hydrogen-bond acceptors (Lipinski definition) is 5. The summed E-state index contributed by atoms with van der Waals surface area (Å²) in [6.45, 7) is 3.79. The van der Waals surface area contributed by atoms with Gasteiger partial charge in [0.05, 0.1) is 24.2 Å². The van der Waals surface area contributed by atoms with Crippen LogP contribution in [0.4, 0.5) is 11.4 Å². The zero-order valence-corrected chi connectivity index (χ0v) is 20.6. The fourth-order valence-electron chi connectivity index (χ4n) is 3.46. The Morgan fingerprint density at radius 1 is 1.03 bits per heavy atom. The molecule has 3 rings (SSSR count). The van der Waals surface area contributed by atoms with Gasteiger partial charge in [-0.05, 0) is 56.3 Å². The summed E-state index contributed by atoms with van der Waals surface area (Å²) < 4.78 is 31.6. The summed E-state index contributed by atoms with van der Waals surface area (Å²) in [6.07, 6.45) is 1.03. The molecule has 0 fully saturated rings. The van der Waals surface area contributed by atoms with E-state index in [0.29, 0.717) is 28.6 Å². The van der Waals surface area contributed by atoms with E-state index in [0.717, 1.165) is 10.6 Å². The summed E-state index contributed by atoms with van der Waals surface area (Å²) in [5.41, 5.74) is 1.17. The van der Waals surface area contributed by atoms with Gasteiger partial charge in [-0.15, -0.1) is 0 Å². The highest BCUT2D eigenvalue weighted by Gasteiger charge is 2.30. The van der Waals surface area contributed by atoms with Crippen LogP contribution in [0.2, 0.25) is 5.02 Å². The van der Waals surface area contributed by atoms with Crippen molar-refractivity contribution in [2.24, 2.45) is 0 Å². The van der Waals surface area contributed by atoms with Crippen LogP contribution in [0.5, 0.6) is 5.75 Å². The lowest BCUT2D eigenvalue weighted by Gasteiger charge is -2.28. The van der Waals surface area contributed by atoms with Crippen LogP contribution in [0.3, 0.4) is 0 Å². The van der Waals surface area contributed by atoms with E-state index >= 15 is 0 Å². The Labute approximate surface area is 204 Å². The third kappa shape index (κ3) is 5.95. The minimum absolute atomic E-state index is 0.200. The molecule has 0 radical (unpaired) electrons. The first-order valence-electron chi connectivity index (χ1n) is 10.5. The number of rotatable bonds is 9. The van der Waals surface area contributed by atoms with Gasteiger partial charge in [-0.2, -0.15) is 0 Å². The Hall–Kier alpha value is -3.36. The smallest absolute Gasteiger partial charge is 0.248 e. The highest BCUT2D eigenvalue weighted by Crippen LogP contribution is 2.27. The van der Waals surface area contributed by atoms with Gasteiger partial charge in [0, 0.05) is 16.1 Å². The van der Waals surface area contributed by atoms with E-state index in [1.54, 1.807) is 60.7 Å². The second-order valence-corrected chi connectivity index (χ2v) is 9.83. The predicted molar refractivity (Wildman–Crippen MR) is 134 cm³/mol. The number of ketones is 1. The van der Waals surface area contributed by atoms with Crippen LogP contribution < -0.4 is 14.4 Å². The lowest BCUT2D eigenvalue weighted by Crippen LogP contribution is -2.45. The Bertz CT molecular complexity index is 1280. The molecule has 0 saturated carbocycles. The minimum atomic E-state index is -3.81. The van der Waals surface area contributed by atoms with Crippen LogP contribution in [0.15, 0.2) is 72.8 Å². The highest BCUT2D eigenvalue weighted by molar-refractivity contribution is 7.92. The summed E-state index contributed by atoms with van der Waals surface area (Å²) in [6, 6.07) is 18.4. The van der Waals surface area contributed by atoms with Crippen LogP contribution in [-0.4, -0.2) is 39.0 Å². The molecular weight excluding hydrogens is 476 g/mol. The van der Waals surface area contributed by atoms with Gasteiger partial charge in [0.2, 0.25) is 15.9 Å². The third-order valence-corrected chi connectivity index (χ3v) is 6.49. The molecule has 0 saturated heterocycles.